The highest BCUT2D eigenvalue weighted by Crippen LogP contribution is 2.63. The van der Waals surface area contributed by atoms with E-state index in [-0.39, 0.29) is 5.54 Å². The molecule has 2 nitrogen and oxygen atoms in total. The molecular formula is C11H17B2NO. The van der Waals surface area contributed by atoms with Gasteiger partial charge in [0.2, 0.25) is 0 Å². The molecule has 2 heterocycles. The number of methoxy groups -OCH3 is 1. The molecule has 0 amide bonds. The predicted molar refractivity (Wildman–Crippen MR) is 61.3 cm³/mol. The van der Waals surface area contributed by atoms with Gasteiger partial charge in [0.25, 0.3) is 0 Å². The van der Waals surface area contributed by atoms with Gasteiger partial charge < -0.3 is 4.74 Å². The van der Waals surface area contributed by atoms with E-state index in [2.05, 4.69) is 4.90 Å². The molecule has 3 rings (SSSR count). The highest BCUT2D eigenvalue weighted by atomic mass is 16.5. The maximum absolute atomic E-state index is 6.07. The molecule has 4 radical (unpaired) electrons. The van der Waals surface area contributed by atoms with Crippen molar-refractivity contribution in [2.24, 2.45) is 5.41 Å². The Morgan fingerprint density at radius 3 is 2.53 bits per heavy atom. The molecule has 3 aliphatic rings. The van der Waals surface area contributed by atoms with Crippen LogP contribution in [0.5, 0.6) is 0 Å². The zero-order valence-electron chi connectivity index (χ0n) is 9.46. The molecule has 1 spiro atoms. The SMILES string of the molecule is [B]C1([B])CN2CC3(CC3)CC2(COC)C1. The van der Waals surface area contributed by atoms with Gasteiger partial charge in [-0.25, -0.2) is 0 Å². The van der Waals surface area contributed by atoms with Crippen LogP contribution in [0.1, 0.15) is 25.7 Å². The van der Waals surface area contributed by atoms with Gasteiger partial charge in [-0.15, -0.1) is 0 Å². The van der Waals surface area contributed by atoms with Crippen LogP contribution in [-0.4, -0.2) is 52.9 Å². The summed E-state index contributed by atoms with van der Waals surface area (Å²) >= 11 is 0. The third kappa shape index (κ3) is 1.49. The first kappa shape index (κ1) is 10.2. The summed E-state index contributed by atoms with van der Waals surface area (Å²) in [6.45, 7) is 2.80. The number of hydrogen-bond donors (Lipinski definition) is 0. The minimum Gasteiger partial charge on any atom is -0.383 e. The molecule has 4 heteroatoms. The highest BCUT2D eigenvalue weighted by Gasteiger charge is 2.62. The molecule has 78 valence electrons. The molecule has 1 aliphatic carbocycles. The summed E-state index contributed by atoms with van der Waals surface area (Å²) in [5.74, 6) is 0. The monoisotopic (exact) mass is 201 g/mol. The van der Waals surface area contributed by atoms with Crippen LogP contribution in [-0.2, 0) is 4.74 Å². The van der Waals surface area contributed by atoms with Crippen LogP contribution in [0, 0.1) is 5.41 Å². The Morgan fingerprint density at radius 2 is 1.93 bits per heavy atom. The van der Waals surface area contributed by atoms with Crippen LogP contribution in [0.25, 0.3) is 0 Å². The van der Waals surface area contributed by atoms with Crippen LogP contribution in [0.4, 0.5) is 0 Å². The first-order valence-electron chi connectivity index (χ1n) is 5.81. The van der Waals surface area contributed by atoms with Gasteiger partial charge in [-0.05, 0) is 37.6 Å². The fraction of sp³-hybridized carbons (Fsp3) is 1.00. The van der Waals surface area contributed by atoms with E-state index >= 15 is 0 Å². The minimum atomic E-state index is -0.505. The van der Waals surface area contributed by atoms with Crippen molar-refractivity contribution in [2.45, 2.75) is 36.4 Å². The van der Waals surface area contributed by atoms with Crippen molar-refractivity contribution in [2.75, 3.05) is 26.8 Å². The molecule has 0 aromatic carbocycles. The largest absolute Gasteiger partial charge is 0.383 e. The molecular weight excluding hydrogens is 184 g/mol. The molecule has 0 aromatic rings. The lowest BCUT2D eigenvalue weighted by Gasteiger charge is -2.31. The number of ether oxygens (including phenoxy) is 1. The molecule has 2 aliphatic heterocycles. The van der Waals surface area contributed by atoms with Crippen LogP contribution in [0.2, 0.25) is 5.21 Å². The molecule has 1 saturated carbocycles. The van der Waals surface area contributed by atoms with E-state index in [1.165, 1.54) is 25.8 Å². The Balaban J connectivity index is 1.85. The lowest BCUT2D eigenvalue weighted by atomic mass is 9.52. The molecule has 15 heavy (non-hydrogen) atoms. The summed E-state index contributed by atoms with van der Waals surface area (Å²) in [6.07, 6.45) is 4.90. The van der Waals surface area contributed by atoms with Crippen molar-refractivity contribution < 1.29 is 4.74 Å². The second-order valence-electron chi connectivity index (χ2n) is 6.10. The highest BCUT2D eigenvalue weighted by molar-refractivity contribution is 6.40. The molecule has 2 saturated heterocycles. The maximum Gasteiger partial charge on any atom is 0.0646 e. The Hall–Kier alpha value is 0.0499. The van der Waals surface area contributed by atoms with Crippen molar-refractivity contribution >= 4 is 15.7 Å². The normalized spacial score (nSPS) is 40.9. The standard InChI is InChI=1S/C11H17B2NO/c1-15-8-10-4-9(2-3-9)6-14(10)7-11(12,13)5-10/h2-8H2,1H3. The van der Waals surface area contributed by atoms with Gasteiger partial charge >= 0.3 is 0 Å². The van der Waals surface area contributed by atoms with Crippen LogP contribution >= 0.6 is 0 Å². The zero-order valence-corrected chi connectivity index (χ0v) is 9.46. The van der Waals surface area contributed by atoms with E-state index in [9.17, 15) is 0 Å². The lowest BCUT2D eigenvalue weighted by Crippen LogP contribution is -2.42. The van der Waals surface area contributed by atoms with E-state index in [0.717, 1.165) is 19.6 Å². The first-order valence-corrected chi connectivity index (χ1v) is 5.81. The fourth-order valence-electron chi connectivity index (χ4n) is 3.83. The summed E-state index contributed by atoms with van der Waals surface area (Å²) in [7, 11) is 13.9. The van der Waals surface area contributed by atoms with Gasteiger partial charge in [0.05, 0.1) is 22.3 Å². The number of hydrogen-bond acceptors (Lipinski definition) is 2. The van der Waals surface area contributed by atoms with Gasteiger partial charge in [-0.1, -0.05) is 5.21 Å². The van der Waals surface area contributed by atoms with Crippen LogP contribution in [0.15, 0.2) is 0 Å². The third-order valence-corrected chi connectivity index (χ3v) is 4.41. The van der Waals surface area contributed by atoms with Gasteiger partial charge in [0.15, 0.2) is 0 Å². The average molecular weight is 201 g/mol. The van der Waals surface area contributed by atoms with E-state index < -0.39 is 5.21 Å². The van der Waals surface area contributed by atoms with Crippen molar-refractivity contribution in [1.29, 1.82) is 0 Å². The third-order valence-electron chi connectivity index (χ3n) is 4.41. The Morgan fingerprint density at radius 1 is 1.20 bits per heavy atom. The summed E-state index contributed by atoms with van der Waals surface area (Å²) in [5, 5.41) is -0.505. The van der Waals surface area contributed by atoms with Gasteiger partial charge in [-0.2, -0.15) is 0 Å². The molecule has 3 fully saturated rings. The maximum atomic E-state index is 6.07. The molecule has 0 bridgehead atoms. The summed E-state index contributed by atoms with van der Waals surface area (Å²) in [6, 6.07) is 0. The number of fused-ring (bicyclic) bond motifs is 1. The lowest BCUT2D eigenvalue weighted by molar-refractivity contribution is 0.0652. The number of nitrogens with zero attached hydrogens (tertiary/aromatic N) is 1. The van der Waals surface area contributed by atoms with Gasteiger partial charge in [-0.3, -0.25) is 4.90 Å². The van der Waals surface area contributed by atoms with Gasteiger partial charge in [0.1, 0.15) is 0 Å². The molecule has 0 aromatic heterocycles. The molecule has 1 unspecified atom stereocenters. The molecule has 1 atom stereocenters. The van der Waals surface area contributed by atoms with Crippen LogP contribution < -0.4 is 0 Å². The topological polar surface area (TPSA) is 12.5 Å². The van der Waals surface area contributed by atoms with Crippen molar-refractivity contribution in [1.82, 2.24) is 4.90 Å². The van der Waals surface area contributed by atoms with E-state index in [0.29, 0.717) is 5.41 Å². The average Bonchev–Trinajstić information content (AvgIpc) is 2.68. The number of rotatable bonds is 2. The van der Waals surface area contributed by atoms with Crippen molar-refractivity contribution in [3.63, 3.8) is 0 Å². The predicted octanol–water partition coefficient (Wildman–Crippen LogP) is 0.714. The Labute approximate surface area is 94.5 Å². The Kier molecular flexibility index (Phi) is 1.93. The van der Waals surface area contributed by atoms with E-state index in [1.807, 2.05) is 0 Å². The smallest absolute Gasteiger partial charge is 0.0646 e. The van der Waals surface area contributed by atoms with Crippen molar-refractivity contribution in [3.8, 4) is 0 Å². The summed E-state index contributed by atoms with van der Waals surface area (Å²) in [5.41, 5.74) is 0.754. The zero-order chi connectivity index (χ0) is 10.7. The van der Waals surface area contributed by atoms with Crippen molar-refractivity contribution in [3.05, 3.63) is 0 Å². The van der Waals surface area contributed by atoms with E-state index in [4.69, 9.17) is 20.4 Å². The van der Waals surface area contributed by atoms with Crippen LogP contribution in [0.3, 0.4) is 0 Å². The quantitative estimate of drug-likeness (QED) is 0.610. The van der Waals surface area contributed by atoms with Gasteiger partial charge in [0, 0.05) is 19.2 Å². The van der Waals surface area contributed by atoms with E-state index in [1.54, 1.807) is 7.11 Å². The second-order valence-corrected chi connectivity index (χ2v) is 6.10. The minimum absolute atomic E-state index is 0.148. The second kappa shape index (κ2) is 2.84. The Bertz CT molecular complexity index is 278. The summed E-state index contributed by atoms with van der Waals surface area (Å²) < 4.78 is 5.39. The molecule has 0 N–H and O–H groups in total. The first-order chi connectivity index (χ1) is 6.99. The summed E-state index contributed by atoms with van der Waals surface area (Å²) in [4.78, 5) is 2.49. The fourth-order valence-corrected chi connectivity index (χ4v) is 3.83.